The molecule has 0 aliphatic heterocycles. The van der Waals surface area contributed by atoms with Gasteiger partial charge in [0, 0.05) is 0 Å². The zero-order valence-electron chi connectivity index (χ0n) is 9.47. The van der Waals surface area contributed by atoms with Crippen LogP contribution in [0.5, 0.6) is 0 Å². The Morgan fingerprint density at radius 1 is 1.14 bits per heavy atom. The molecular weight excluding hydrogens is 172 g/mol. The van der Waals surface area contributed by atoms with E-state index in [2.05, 4.69) is 6.92 Å². The largest absolute Gasteiger partial charge is 0.390 e. The van der Waals surface area contributed by atoms with E-state index >= 15 is 0 Å². The fourth-order valence-electron chi connectivity index (χ4n) is 2.69. The van der Waals surface area contributed by atoms with Gasteiger partial charge in [-0.25, -0.2) is 0 Å². The van der Waals surface area contributed by atoms with Crippen LogP contribution in [0, 0.1) is 11.8 Å². The Bertz CT molecular complexity index is 186. The van der Waals surface area contributed by atoms with Crippen molar-refractivity contribution < 1.29 is 5.11 Å². The van der Waals surface area contributed by atoms with Crippen LogP contribution in [0.25, 0.3) is 0 Å². The van der Waals surface area contributed by atoms with E-state index in [1.807, 2.05) is 0 Å². The molecule has 0 aromatic carbocycles. The van der Waals surface area contributed by atoms with Gasteiger partial charge in [0.25, 0.3) is 0 Å². The smallest absolute Gasteiger partial charge is 0.0648 e. The van der Waals surface area contributed by atoms with E-state index < -0.39 is 0 Å². The molecule has 0 bridgehead atoms. The lowest BCUT2D eigenvalue weighted by atomic mass is 9.88. The van der Waals surface area contributed by atoms with E-state index in [1.165, 1.54) is 38.5 Å². The minimum Gasteiger partial charge on any atom is -0.390 e. The molecular formula is C13H24O. The predicted octanol–water partition coefficient (Wildman–Crippen LogP) is 3.51. The van der Waals surface area contributed by atoms with Crippen LogP contribution in [0.3, 0.4) is 0 Å². The third-order valence-electron chi connectivity index (χ3n) is 4.16. The Kier molecular flexibility index (Phi) is 3.16. The third-order valence-corrected chi connectivity index (χ3v) is 4.16. The minimum absolute atomic E-state index is 0.284. The molecule has 2 fully saturated rings. The SMILES string of the molecule is CC1CCCC(O)(CCC2CC2)CC1. The van der Waals surface area contributed by atoms with Crippen molar-refractivity contribution in [1.29, 1.82) is 0 Å². The van der Waals surface area contributed by atoms with Crippen LogP contribution in [-0.2, 0) is 0 Å². The summed E-state index contributed by atoms with van der Waals surface area (Å²) in [6, 6.07) is 0. The lowest BCUT2D eigenvalue weighted by molar-refractivity contribution is 0.0124. The van der Waals surface area contributed by atoms with Crippen molar-refractivity contribution in [2.75, 3.05) is 0 Å². The summed E-state index contributed by atoms with van der Waals surface area (Å²) in [6.07, 6.45) is 11.1. The first-order chi connectivity index (χ1) is 6.68. The Balaban J connectivity index is 1.79. The first-order valence-corrected chi connectivity index (χ1v) is 6.40. The van der Waals surface area contributed by atoms with Crippen molar-refractivity contribution >= 4 is 0 Å². The van der Waals surface area contributed by atoms with Crippen LogP contribution in [-0.4, -0.2) is 10.7 Å². The molecule has 2 aliphatic rings. The Labute approximate surface area is 87.9 Å². The summed E-state index contributed by atoms with van der Waals surface area (Å²) in [6.45, 7) is 2.33. The summed E-state index contributed by atoms with van der Waals surface area (Å²) in [4.78, 5) is 0. The summed E-state index contributed by atoms with van der Waals surface area (Å²) in [5, 5.41) is 10.4. The molecule has 2 rings (SSSR count). The van der Waals surface area contributed by atoms with Gasteiger partial charge in [0.05, 0.1) is 5.60 Å². The monoisotopic (exact) mass is 196 g/mol. The molecule has 0 amide bonds. The second-order valence-corrected chi connectivity index (χ2v) is 5.74. The Morgan fingerprint density at radius 2 is 1.93 bits per heavy atom. The highest BCUT2D eigenvalue weighted by atomic mass is 16.3. The van der Waals surface area contributed by atoms with E-state index in [-0.39, 0.29) is 5.60 Å². The van der Waals surface area contributed by atoms with E-state index in [0.717, 1.165) is 31.1 Å². The highest BCUT2D eigenvalue weighted by Crippen LogP contribution is 2.39. The number of hydrogen-bond donors (Lipinski definition) is 1. The number of rotatable bonds is 3. The van der Waals surface area contributed by atoms with Gasteiger partial charge in [0.15, 0.2) is 0 Å². The van der Waals surface area contributed by atoms with Gasteiger partial charge >= 0.3 is 0 Å². The summed E-state index contributed by atoms with van der Waals surface area (Å²) < 4.78 is 0. The summed E-state index contributed by atoms with van der Waals surface area (Å²) in [7, 11) is 0. The summed E-state index contributed by atoms with van der Waals surface area (Å²) in [5.74, 6) is 1.81. The van der Waals surface area contributed by atoms with Crippen LogP contribution in [0.4, 0.5) is 0 Å². The zero-order chi connectivity index (χ0) is 10.0. The molecule has 0 aromatic rings. The highest BCUT2D eigenvalue weighted by molar-refractivity contribution is 4.85. The molecule has 0 aromatic heterocycles. The van der Waals surface area contributed by atoms with Gasteiger partial charge in [-0.1, -0.05) is 32.6 Å². The fraction of sp³-hybridized carbons (Fsp3) is 1.00. The van der Waals surface area contributed by atoms with Crippen molar-refractivity contribution in [3.8, 4) is 0 Å². The molecule has 0 spiro atoms. The molecule has 2 atom stereocenters. The lowest BCUT2D eigenvalue weighted by Gasteiger charge is -2.26. The highest BCUT2D eigenvalue weighted by Gasteiger charge is 2.32. The topological polar surface area (TPSA) is 20.2 Å². The molecule has 82 valence electrons. The summed E-state index contributed by atoms with van der Waals surface area (Å²) >= 11 is 0. The van der Waals surface area contributed by atoms with Gasteiger partial charge < -0.3 is 5.11 Å². The average molecular weight is 196 g/mol. The summed E-state index contributed by atoms with van der Waals surface area (Å²) in [5.41, 5.74) is -0.284. The van der Waals surface area contributed by atoms with Gasteiger partial charge in [-0.15, -0.1) is 0 Å². The van der Waals surface area contributed by atoms with E-state index in [1.54, 1.807) is 0 Å². The molecule has 0 heterocycles. The lowest BCUT2D eigenvalue weighted by Crippen LogP contribution is -2.27. The third kappa shape index (κ3) is 2.98. The van der Waals surface area contributed by atoms with Gasteiger partial charge in [0.1, 0.15) is 0 Å². The van der Waals surface area contributed by atoms with Crippen molar-refractivity contribution in [1.82, 2.24) is 0 Å². The van der Waals surface area contributed by atoms with E-state index in [9.17, 15) is 5.11 Å². The van der Waals surface area contributed by atoms with Gasteiger partial charge in [-0.3, -0.25) is 0 Å². The fourth-order valence-corrected chi connectivity index (χ4v) is 2.69. The maximum Gasteiger partial charge on any atom is 0.0648 e. The Morgan fingerprint density at radius 3 is 2.64 bits per heavy atom. The molecule has 14 heavy (non-hydrogen) atoms. The molecule has 1 heteroatoms. The molecule has 1 N–H and O–H groups in total. The molecule has 0 radical (unpaired) electrons. The zero-order valence-corrected chi connectivity index (χ0v) is 9.47. The maximum atomic E-state index is 10.4. The maximum absolute atomic E-state index is 10.4. The van der Waals surface area contributed by atoms with Crippen LogP contribution in [0.1, 0.15) is 64.7 Å². The quantitative estimate of drug-likeness (QED) is 0.685. The molecule has 0 saturated heterocycles. The molecule has 2 aliphatic carbocycles. The van der Waals surface area contributed by atoms with Gasteiger partial charge in [-0.2, -0.15) is 0 Å². The average Bonchev–Trinajstić information content (AvgIpc) is 2.94. The predicted molar refractivity (Wildman–Crippen MR) is 59.2 cm³/mol. The number of hydrogen-bond acceptors (Lipinski definition) is 1. The standard InChI is InChI=1S/C13H24O/c1-11-3-2-8-13(14,9-6-11)10-7-12-4-5-12/h11-12,14H,2-10H2,1H3. The van der Waals surface area contributed by atoms with Crippen molar-refractivity contribution in [3.63, 3.8) is 0 Å². The van der Waals surface area contributed by atoms with E-state index in [4.69, 9.17) is 0 Å². The van der Waals surface area contributed by atoms with Crippen LogP contribution in [0.15, 0.2) is 0 Å². The van der Waals surface area contributed by atoms with Crippen LogP contribution < -0.4 is 0 Å². The minimum atomic E-state index is -0.284. The second kappa shape index (κ2) is 4.22. The number of aliphatic hydroxyl groups is 1. The van der Waals surface area contributed by atoms with Crippen LogP contribution >= 0.6 is 0 Å². The van der Waals surface area contributed by atoms with E-state index in [0.29, 0.717) is 0 Å². The van der Waals surface area contributed by atoms with Crippen LogP contribution in [0.2, 0.25) is 0 Å². The first kappa shape index (κ1) is 10.5. The normalized spacial score (nSPS) is 39.4. The van der Waals surface area contributed by atoms with Gasteiger partial charge in [-0.05, 0) is 43.9 Å². The van der Waals surface area contributed by atoms with Crippen molar-refractivity contribution in [2.45, 2.75) is 70.3 Å². The molecule has 2 unspecified atom stereocenters. The Hall–Kier alpha value is -0.0400. The van der Waals surface area contributed by atoms with Crippen molar-refractivity contribution in [3.05, 3.63) is 0 Å². The van der Waals surface area contributed by atoms with Gasteiger partial charge in [0.2, 0.25) is 0 Å². The molecule has 2 saturated carbocycles. The van der Waals surface area contributed by atoms with Crippen molar-refractivity contribution in [2.24, 2.45) is 11.8 Å². The first-order valence-electron chi connectivity index (χ1n) is 6.40. The second-order valence-electron chi connectivity index (χ2n) is 5.74. The molecule has 1 nitrogen and oxygen atoms in total.